The number of hydrogen-bond acceptors (Lipinski definition) is 4. The number of fused-ring (bicyclic) bond motifs is 6. The van der Waals surface area contributed by atoms with E-state index in [4.69, 9.17) is 9.47 Å². The van der Waals surface area contributed by atoms with E-state index >= 15 is 0 Å². The first-order valence-electron chi connectivity index (χ1n) is 47.1. The normalized spacial score (nSPS) is 13.2. The van der Waals surface area contributed by atoms with Gasteiger partial charge in [-0.2, -0.15) is 0 Å². The summed E-state index contributed by atoms with van der Waals surface area (Å²) in [6, 6.07) is 86.6. The van der Waals surface area contributed by atoms with Gasteiger partial charge in [0.05, 0.1) is 25.4 Å². The number of ether oxygens (including phenoxy) is 2. The highest BCUT2D eigenvalue weighted by molar-refractivity contribution is 6.61. The first-order valence-corrected chi connectivity index (χ1v) is 47.1. The van der Waals surface area contributed by atoms with Gasteiger partial charge in [0.1, 0.15) is 5.78 Å². The SMILES string of the molecule is C=C(Cc1ccc(-c2cc3c4cc(-c5ccc(CCC(C)CCCC(C)C)cc5)cc5c6cc(-c7ccc(CC(C)=O)cc7)cc7c8cc(-c9ccc(CCC(C)CCCC(C)C)cc9)cc9c%10cc(-c%11ccc(CC(=O)OCC)cc%11)cc%11c%12cc(-c%13ccc(CCC(C)CCCC(C)C)cc%13)cc%13c(c2)c3c2c(c45)c(c67)c(c89)c(c%11%10)c2c%13%12)cc1)OCC. The van der Waals surface area contributed by atoms with Gasteiger partial charge in [0.2, 0.25) is 0 Å². The zero-order chi connectivity index (χ0) is 85.5. The molecule has 0 radical (unpaired) electrons. The van der Waals surface area contributed by atoms with Crippen LogP contribution in [0, 0.1) is 35.5 Å². The Bertz CT molecular complexity index is 6580. The molecule has 0 heterocycles. The molecule has 624 valence electrons. The number of carbonyl (C=O) groups is 2. The lowest BCUT2D eigenvalue weighted by atomic mass is 9.72. The van der Waals surface area contributed by atoms with Crippen LogP contribution < -0.4 is 0 Å². The molecule has 0 saturated heterocycles. The maximum absolute atomic E-state index is 13.2. The van der Waals surface area contributed by atoms with E-state index < -0.39 is 0 Å². The highest BCUT2D eigenvalue weighted by Crippen LogP contribution is 2.63. The fraction of sp³-hybridized carbons (Fsp3) is 0.317. The first kappa shape index (κ1) is 82.2. The molecule has 0 N–H and O–H groups in total. The first-order chi connectivity index (χ1) is 60.2. The summed E-state index contributed by atoms with van der Waals surface area (Å²) in [6.45, 7) is 32.3. The fourth-order valence-electron chi connectivity index (χ4n) is 21.7. The number of aryl methyl sites for hydroxylation is 3. The number of esters is 1. The number of rotatable bonds is 36. The lowest BCUT2D eigenvalue weighted by Gasteiger charge is -2.30. The van der Waals surface area contributed by atoms with Gasteiger partial charge >= 0.3 is 5.97 Å². The Hall–Kier alpha value is -11.5. The minimum absolute atomic E-state index is 0.154. The molecule has 0 aliphatic carbocycles. The predicted molar refractivity (Wildman–Crippen MR) is 534 cm³/mol. The van der Waals surface area contributed by atoms with Gasteiger partial charge < -0.3 is 9.47 Å². The molecule has 124 heavy (non-hydrogen) atoms. The van der Waals surface area contributed by atoms with Crippen LogP contribution in [0.3, 0.4) is 0 Å². The maximum Gasteiger partial charge on any atom is 0.310 e. The highest BCUT2D eigenvalue weighted by atomic mass is 16.5. The molecule has 0 aliphatic rings. The average molecular weight is 1630 g/mol. The Morgan fingerprint density at radius 3 is 0.669 bits per heavy atom. The van der Waals surface area contributed by atoms with E-state index in [1.807, 2.05) is 13.8 Å². The number of ketones is 1. The Morgan fingerprint density at radius 1 is 0.250 bits per heavy atom. The van der Waals surface area contributed by atoms with E-state index in [9.17, 15) is 9.59 Å². The smallest absolute Gasteiger partial charge is 0.310 e. The summed E-state index contributed by atoms with van der Waals surface area (Å²) in [7, 11) is 0. The largest absolute Gasteiger partial charge is 0.498 e. The Kier molecular flexibility index (Phi) is 22.7. The minimum Gasteiger partial charge on any atom is -0.498 e. The predicted octanol–water partition coefficient (Wildman–Crippen LogP) is 33.7. The number of allylic oxidation sites excluding steroid dienone is 1. The second kappa shape index (κ2) is 34.2. The van der Waals surface area contributed by atoms with Crippen molar-refractivity contribution in [2.45, 2.75) is 199 Å². The van der Waals surface area contributed by atoms with Crippen molar-refractivity contribution in [3.63, 3.8) is 0 Å². The molecule has 4 heteroatoms. The average Bonchev–Trinajstić information content (AvgIpc) is 0.640. The summed E-state index contributed by atoms with van der Waals surface area (Å²) in [4.78, 5) is 26.1. The van der Waals surface area contributed by atoms with Gasteiger partial charge in [-0.25, -0.2) is 0 Å². The molecule has 19 rings (SSSR count). The number of carbonyl (C=O) groups excluding carboxylic acids is 2. The molecule has 3 atom stereocenters. The maximum atomic E-state index is 13.2. The Balaban J connectivity index is 0.947. The van der Waals surface area contributed by atoms with E-state index in [2.05, 4.69) is 287 Å². The van der Waals surface area contributed by atoms with Crippen LogP contribution in [0.2, 0.25) is 0 Å². The van der Waals surface area contributed by atoms with Crippen molar-refractivity contribution in [2.24, 2.45) is 35.5 Å². The van der Waals surface area contributed by atoms with Crippen molar-refractivity contribution in [1.29, 1.82) is 0 Å². The molecule has 0 spiro atoms. The summed E-state index contributed by atoms with van der Waals surface area (Å²) >= 11 is 0. The van der Waals surface area contributed by atoms with Gasteiger partial charge in [0, 0.05) is 12.8 Å². The van der Waals surface area contributed by atoms with Crippen LogP contribution in [-0.4, -0.2) is 25.0 Å². The van der Waals surface area contributed by atoms with Crippen LogP contribution in [0.1, 0.15) is 194 Å². The number of hydrogen-bond donors (Lipinski definition) is 0. The third-order valence-corrected chi connectivity index (χ3v) is 28.4. The van der Waals surface area contributed by atoms with Crippen LogP contribution >= 0.6 is 0 Å². The summed E-state index contributed by atoms with van der Waals surface area (Å²) in [6.07, 6.45) is 19.5. The number of Topliss-reactive ketones (excluding diaryl/α,β-unsaturated/α-hetero) is 1. The monoisotopic (exact) mass is 1620 g/mol. The van der Waals surface area contributed by atoms with Crippen molar-refractivity contribution in [3.8, 4) is 66.8 Å². The third-order valence-electron chi connectivity index (χ3n) is 28.4. The molecule has 3 unspecified atom stereocenters. The van der Waals surface area contributed by atoms with E-state index in [1.165, 1.54) is 268 Å². The Morgan fingerprint density at radius 2 is 0.460 bits per heavy atom. The zero-order valence-corrected chi connectivity index (χ0v) is 75.2. The van der Waals surface area contributed by atoms with Crippen molar-refractivity contribution in [1.82, 2.24) is 0 Å². The summed E-state index contributed by atoms with van der Waals surface area (Å²) in [5.74, 6) is 4.89. The van der Waals surface area contributed by atoms with E-state index in [0.29, 0.717) is 43.8 Å². The van der Waals surface area contributed by atoms with Crippen LogP contribution in [0.25, 0.3) is 196 Å². The fourth-order valence-corrected chi connectivity index (χ4v) is 21.7. The summed E-state index contributed by atoms with van der Waals surface area (Å²) in [5, 5.41) is 30.8. The highest BCUT2D eigenvalue weighted by Gasteiger charge is 2.34. The van der Waals surface area contributed by atoms with Gasteiger partial charge in [-0.15, -0.1) is 0 Å². The molecule has 0 bridgehead atoms. The van der Waals surface area contributed by atoms with Gasteiger partial charge in [-0.1, -0.05) is 272 Å². The second-order valence-electron chi connectivity index (χ2n) is 39.0. The van der Waals surface area contributed by atoms with Crippen molar-refractivity contribution in [3.05, 3.63) is 264 Å². The van der Waals surface area contributed by atoms with Crippen molar-refractivity contribution in [2.75, 3.05) is 13.2 Å². The Labute approximate surface area is 733 Å². The molecule has 0 aromatic heterocycles. The van der Waals surface area contributed by atoms with Crippen LogP contribution in [-0.2, 0) is 57.6 Å². The summed E-state index contributed by atoms with van der Waals surface area (Å²) < 4.78 is 11.5. The minimum atomic E-state index is -0.220. The third kappa shape index (κ3) is 15.6. The van der Waals surface area contributed by atoms with E-state index in [1.54, 1.807) is 6.92 Å². The molecule has 0 fully saturated rings. The van der Waals surface area contributed by atoms with Gasteiger partial charge in [0.15, 0.2) is 0 Å². The van der Waals surface area contributed by atoms with Gasteiger partial charge in [0.25, 0.3) is 0 Å². The van der Waals surface area contributed by atoms with Gasteiger partial charge in [-0.05, 0) is 397 Å². The van der Waals surface area contributed by atoms with E-state index in [-0.39, 0.29) is 18.2 Å². The quantitative estimate of drug-likeness (QED) is 0.0170. The number of benzene rings is 19. The lowest BCUT2D eigenvalue weighted by molar-refractivity contribution is -0.142. The second-order valence-corrected chi connectivity index (χ2v) is 39.0. The molecular weight excluding hydrogens is 1510 g/mol. The van der Waals surface area contributed by atoms with Crippen molar-refractivity contribution < 1.29 is 19.1 Å². The lowest BCUT2D eigenvalue weighted by Crippen LogP contribution is -2.07. The van der Waals surface area contributed by atoms with Crippen LogP contribution in [0.5, 0.6) is 0 Å². The molecule has 19 aromatic rings. The molecule has 0 saturated carbocycles. The van der Waals surface area contributed by atoms with Crippen LogP contribution in [0.4, 0.5) is 0 Å². The molecule has 19 aromatic carbocycles. The van der Waals surface area contributed by atoms with Gasteiger partial charge in [-0.3, -0.25) is 9.59 Å². The standard InChI is InChI=1S/C120H120O4/c1-14-123-77(13)56-82-39-51-88(52-40-82)94-66-104-98-60-90(84-43-31-78(32-44-84)28-25-73(9)22-16-19-70(3)4)58-96-102-64-93(87-49-37-81(38-50-87)55-76(12)121)65-103-97-59-91(85-45-33-79(34-46-85)29-26-74(10)23-17-20-71(5)6)62-100-106-68-95(89-53-41-83(42-54-89)57-108(122)124-15-2)69-107-101-63-92(86-47-35-80(36-48-86)30-27-75(11)24-18-21-72(7)8)61-99-105(67-94)113(104)119-115(109(96)98)118(112(102)103)116(110(97)100)120(114(106)107)117(119)111(99)101/h31-54,58-75H,13-30,55-57H2,1-12H3. The van der Waals surface area contributed by atoms with E-state index in [0.717, 1.165) is 81.7 Å². The zero-order valence-electron chi connectivity index (χ0n) is 75.2. The molecule has 4 nitrogen and oxygen atoms in total. The van der Waals surface area contributed by atoms with Crippen LogP contribution in [0.15, 0.2) is 231 Å². The molecule has 0 aliphatic heterocycles. The molecule has 0 amide bonds. The van der Waals surface area contributed by atoms with Crippen molar-refractivity contribution >= 4 is 141 Å². The summed E-state index contributed by atoms with van der Waals surface area (Å²) in [5.41, 5.74) is 21.3. The molecular formula is C120H120O4. The topological polar surface area (TPSA) is 52.6 Å².